The monoisotopic (exact) mass is 132 g/mol. The highest BCUT2D eigenvalue weighted by molar-refractivity contribution is 5.78. The Morgan fingerprint density at radius 3 is 2.50 bits per heavy atom. The Hall–Kier alpha value is -1.37. The zero-order valence-corrected chi connectivity index (χ0v) is 5.53. The van der Waals surface area contributed by atoms with Gasteiger partial charge in [0, 0.05) is 5.57 Å². The summed E-state index contributed by atoms with van der Waals surface area (Å²) in [5, 5.41) is 0. The van der Waals surface area contributed by atoms with E-state index in [0.29, 0.717) is 5.57 Å². The highest BCUT2D eigenvalue weighted by atomic mass is 16.1. The molecule has 0 heterocycles. The van der Waals surface area contributed by atoms with Crippen LogP contribution in [0.15, 0.2) is 48.1 Å². The molecule has 0 aromatic carbocycles. The molecule has 0 atom stereocenters. The summed E-state index contributed by atoms with van der Waals surface area (Å²) in [6, 6.07) is 0. The van der Waals surface area contributed by atoms with Crippen molar-refractivity contribution in [3.05, 3.63) is 48.1 Å². The Bertz CT molecular complexity index is 229. The van der Waals surface area contributed by atoms with Crippen molar-refractivity contribution in [2.75, 3.05) is 0 Å². The summed E-state index contributed by atoms with van der Waals surface area (Å²) in [5.74, 6) is 0. The number of allylic oxidation sites excluding steroid dienone is 8. The van der Waals surface area contributed by atoms with Crippen LogP contribution in [0.4, 0.5) is 0 Å². The number of carbonyl (C=O) groups is 1. The van der Waals surface area contributed by atoms with Crippen LogP contribution in [0.1, 0.15) is 0 Å². The van der Waals surface area contributed by atoms with E-state index in [-0.39, 0.29) is 0 Å². The second kappa shape index (κ2) is 3.62. The predicted molar refractivity (Wildman–Crippen MR) is 41.6 cm³/mol. The van der Waals surface area contributed by atoms with Gasteiger partial charge in [0.1, 0.15) is 6.29 Å². The molecule has 0 aromatic rings. The average molecular weight is 132 g/mol. The number of rotatable bonds is 1. The van der Waals surface area contributed by atoms with E-state index in [1.165, 1.54) is 0 Å². The summed E-state index contributed by atoms with van der Waals surface area (Å²) in [6.45, 7) is 0. The van der Waals surface area contributed by atoms with E-state index >= 15 is 0 Å². The topological polar surface area (TPSA) is 17.1 Å². The van der Waals surface area contributed by atoms with Gasteiger partial charge in [0.2, 0.25) is 0 Å². The van der Waals surface area contributed by atoms with Crippen LogP contribution in [0, 0.1) is 0 Å². The molecule has 1 rings (SSSR count). The predicted octanol–water partition coefficient (Wildman–Crippen LogP) is 1.79. The van der Waals surface area contributed by atoms with E-state index in [0.717, 1.165) is 6.29 Å². The summed E-state index contributed by atoms with van der Waals surface area (Å²) in [7, 11) is 0. The smallest absolute Gasteiger partial charge is 0.150 e. The largest absolute Gasteiger partial charge is 0.298 e. The van der Waals surface area contributed by atoms with Gasteiger partial charge in [-0.05, 0) is 0 Å². The molecule has 0 amide bonds. The Morgan fingerprint density at radius 1 is 1.00 bits per heavy atom. The second-order valence-corrected chi connectivity index (χ2v) is 1.91. The third-order valence-corrected chi connectivity index (χ3v) is 1.16. The Balaban J connectivity index is 2.82. The highest BCUT2D eigenvalue weighted by Gasteiger charge is 1.84. The lowest BCUT2D eigenvalue weighted by Crippen LogP contribution is -1.77. The van der Waals surface area contributed by atoms with Gasteiger partial charge in [0.15, 0.2) is 0 Å². The van der Waals surface area contributed by atoms with E-state index in [1.54, 1.807) is 12.2 Å². The number of hydrogen-bond donors (Lipinski definition) is 0. The molecule has 1 aliphatic rings. The van der Waals surface area contributed by atoms with Crippen molar-refractivity contribution in [1.29, 1.82) is 0 Å². The maximum absolute atomic E-state index is 10.2. The lowest BCUT2D eigenvalue weighted by Gasteiger charge is -1.86. The normalized spacial score (nSPS) is 22.2. The van der Waals surface area contributed by atoms with Crippen LogP contribution in [0.25, 0.3) is 0 Å². The van der Waals surface area contributed by atoms with Gasteiger partial charge < -0.3 is 0 Å². The fourth-order valence-corrected chi connectivity index (χ4v) is 0.660. The maximum atomic E-state index is 10.2. The van der Waals surface area contributed by atoms with Crippen molar-refractivity contribution in [1.82, 2.24) is 0 Å². The van der Waals surface area contributed by atoms with E-state index < -0.39 is 0 Å². The fraction of sp³-hybridized carbons (Fsp3) is 0. The van der Waals surface area contributed by atoms with Gasteiger partial charge in [-0.2, -0.15) is 0 Å². The van der Waals surface area contributed by atoms with Crippen LogP contribution in [0.2, 0.25) is 0 Å². The minimum atomic E-state index is 0.695. The third-order valence-electron chi connectivity index (χ3n) is 1.16. The van der Waals surface area contributed by atoms with Gasteiger partial charge in [-0.25, -0.2) is 0 Å². The molecule has 0 unspecified atom stereocenters. The SMILES string of the molecule is O=CC1=C/C=C\C=C/C=C1. The van der Waals surface area contributed by atoms with Crippen molar-refractivity contribution in [2.45, 2.75) is 0 Å². The van der Waals surface area contributed by atoms with Crippen LogP contribution in [0.3, 0.4) is 0 Å². The van der Waals surface area contributed by atoms with Gasteiger partial charge in [-0.3, -0.25) is 4.79 Å². The molecule has 0 saturated carbocycles. The molecule has 0 radical (unpaired) electrons. The minimum Gasteiger partial charge on any atom is -0.298 e. The van der Waals surface area contributed by atoms with Crippen LogP contribution >= 0.6 is 0 Å². The van der Waals surface area contributed by atoms with Crippen LogP contribution in [0.5, 0.6) is 0 Å². The van der Waals surface area contributed by atoms with Crippen molar-refractivity contribution in [3.8, 4) is 0 Å². The molecule has 1 aliphatic carbocycles. The second-order valence-electron chi connectivity index (χ2n) is 1.91. The zero-order valence-electron chi connectivity index (χ0n) is 5.53. The average Bonchev–Trinajstić information content (AvgIpc) is 1.87. The van der Waals surface area contributed by atoms with Gasteiger partial charge in [-0.1, -0.05) is 42.5 Å². The number of carbonyl (C=O) groups excluding carboxylic acids is 1. The number of hydrogen-bond acceptors (Lipinski definition) is 1. The van der Waals surface area contributed by atoms with Crippen LogP contribution in [-0.2, 0) is 4.79 Å². The summed E-state index contributed by atoms with van der Waals surface area (Å²) in [6.07, 6.45) is 13.7. The van der Waals surface area contributed by atoms with Crippen LogP contribution in [-0.4, -0.2) is 6.29 Å². The fourth-order valence-electron chi connectivity index (χ4n) is 0.660. The molecular formula is C9H8O. The van der Waals surface area contributed by atoms with E-state index in [4.69, 9.17) is 0 Å². The van der Waals surface area contributed by atoms with Crippen molar-refractivity contribution < 1.29 is 4.79 Å². The summed E-state index contributed by atoms with van der Waals surface area (Å²) in [5.41, 5.74) is 0.695. The molecular weight excluding hydrogens is 124 g/mol. The van der Waals surface area contributed by atoms with Crippen molar-refractivity contribution in [2.24, 2.45) is 0 Å². The Morgan fingerprint density at radius 2 is 1.70 bits per heavy atom. The lowest BCUT2D eigenvalue weighted by molar-refractivity contribution is -0.104. The standard InChI is InChI=1S/C9H8O/c10-8-9-6-4-2-1-3-5-7-9/h1-8H/b2-1-,3-1?,4-2?,5-3-,6-4?,7-5?,9-6?,9-7?. The van der Waals surface area contributed by atoms with Gasteiger partial charge in [-0.15, -0.1) is 0 Å². The lowest BCUT2D eigenvalue weighted by atomic mass is 10.2. The molecule has 0 spiro atoms. The quantitative estimate of drug-likeness (QED) is 0.497. The maximum Gasteiger partial charge on any atom is 0.150 e. The Kier molecular flexibility index (Phi) is 2.44. The minimum absolute atomic E-state index is 0.695. The highest BCUT2D eigenvalue weighted by Crippen LogP contribution is 1.96. The Labute approximate surface area is 60.1 Å². The molecule has 0 aromatic heterocycles. The first kappa shape index (κ1) is 6.75. The summed E-state index contributed by atoms with van der Waals surface area (Å²) in [4.78, 5) is 10.2. The molecule has 1 heteroatoms. The first-order chi connectivity index (χ1) is 4.93. The first-order valence-corrected chi connectivity index (χ1v) is 3.10. The summed E-state index contributed by atoms with van der Waals surface area (Å²) >= 11 is 0. The molecule has 1 nitrogen and oxygen atoms in total. The molecule has 50 valence electrons. The summed E-state index contributed by atoms with van der Waals surface area (Å²) < 4.78 is 0. The first-order valence-electron chi connectivity index (χ1n) is 3.10. The van der Waals surface area contributed by atoms with Crippen LogP contribution < -0.4 is 0 Å². The zero-order chi connectivity index (χ0) is 7.23. The molecule has 0 aliphatic heterocycles. The van der Waals surface area contributed by atoms with E-state index in [1.807, 2.05) is 30.4 Å². The van der Waals surface area contributed by atoms with Gasteiger partial charge >= 0.3 is 0 Å². The molecule has 0 fully saturated rings. The van der Waals surface area contributed by atoms with E-state index in [9.17, 15) is 4.79 Å². The molecule has 0 N–H and O–H groups in total. The van der Waals surface area contributed by atoms with E-state index in [2.05, 4.69) is 0 Å². The molecule has 0 bridgehead atoms. The van der Waals surface area contributed by atoms with Gasteiger partial charge in [0.05, 0.1) is 0 Å². The van der Waals surface area contributed by atoms with Gasteiger partial charge in [0.25, 0.3) is 0 Å². The third kappa shape index (κ3) is 1.86. The van der Waals surface area contributed by atoms with Crippen molar-refractivity contribution >= 4 is 6.29 Å². The molecule has 0 saturated heterocycles. The van der Waals surface area contributed by atoms with Crippen molar-refractivity contribution in [3.63, 3.8) is 0 Å². The number of aldehydes is 1. The molecule has 10 heavy (non-hydrogen) atoms.